The van der Waals surface area contributed by atoms with Crippen molar-refractivity contribution in [1.29, 1.82) is 0 Å². The molecule has 1 fully saturated rings. The Morgan fingerprint density at radius 1 is 1.12 bits per heavy atom. The molecule has 0 aromatic heterocycles. The number of aryl methyl sites for hydroxylation is 1. The van der Waals surface area contributed by atoms with Crippen molar-refractivity contribution in [3.8, 4) is 0 Å². The minimum atomic E-state index is -3.72. The maximum Gasteiger partial charge on any atom is 0.261 e. The molecule has 3 rings (SSSR count). The van der Waals surface area contributed by atoms with E-state index < -0.39 is 10.0 Å². The Hall–Kier alpha value is -3.13. The molecule has 176 valence electrons. The second-order valence-corrected chi connectivity index (χ2v) is 9.88. The summed E-state index contributed by atoms with van der Waals surface area (Å²) in [6.07, 6.45) is 5.02. The summed E-state index contributed by atoms with van der Waals surface area (Å²) in [6, 6.07) is 13.2. The first-order valence-electron chi connectivity index (χ1n) is 11.2. The van der Waals surface area contributed by atoms with Gasteiger partial charge in [0.25, 0.3) is 15.9 Å². The Kier molecular flexibility index (Phi) is 8.27. The van der Waals surface area contributed by atoms with E-state index in [0.29, 0.717) is 30.9 Å². The SMILES string of the molecule is C=CCNC(=O)[C@@H]1CCCN(C(=O)c2ccc(NS(=O)(=O)c3ccc(CCC)cc3)cc2)C1. The maximum atomic E-state index is 12.9. The van der Waals surface area contributed by atoms with E-state index in [4.69, 9.17) is 0 Å². The third kappa shape index (κ3) is 6.44. The molecule has 2 aromatic carbocycles. The van der Waals surface area contributed by atoms with Crippen LogP contribution in [0.2, 0.25) is 0 Å². The van der Waals surface area contributed by atoms with E-state index in [-0.39, 0.29) is 22.6 Å². The molecule has 1 atom stereocenters. The average Bonchev–Trinajstić information content (AvgIpc) is 2.83. The highest BCUT2D eigenvalue weighted by molar-refractivity contribution is 7.92. The Balaban J connectivity index is 1.63. The highest BCUT2D eigenvalue weighted by Gasteiger charge is 2.28. The first-order valence-corrected chi connectivity index (χ1v) is 12.7. The number of nitrogens with zero attached hydrogens (tertiary/aromatic N) is 1. The number of nitrogens with one attached hydrogen (secondary N) is 2. The van der Waals surface area contributed by atoms with E-state index in [9.17, 15) is 18.0 Å². The predicted molar refractivity (Wildman–Crippen MR) is 130 cm³/mol. The first-order chi connectivity index (χ1) is 15.8. The fourth-order valence-corrected chi connectivity index (χ4v) is 4.95. The van der Waals surface area contributed by atoms with Crippen LogP contribution in [0.1, 0.15) is 42.1 Å². The summed E-state index contributed by atoms with van der Waals surface area (Å²) < 4.78 is 27.9. The van der Waals surface area contributed by atoms with Crippen LogP contribution in [0.4, 0.5) is 5.69 Å². The molecule has 2 aromatic rings. The second kappa shape index (κ2) is 11.1. The van der Waals surface area contributed by atoms with Gasteiger partial charge in [-0.25, -0.2) is 8.42 Å². The summed E-state index contributed by atoms with van der Waals surface area (Å²) in [5.74, 6) is -0.477. The van der Waals surface area contributed by atoms with E-state index in [1.807, 2.05) is 12.1 Å². The summed E-state index contributed by atoms with van der Waals surface area (Å²) >= 11 is 0. The number of amides is 2. The van der Waals surface area contributed by atoms with E-state index in [1.165, 1.54) is 0 Å². The topological polar surface area (TPSA) is 95.6 Å². The van der Waals surface area contributed by atoms with Gasteiger partial charge in [0.15, 0.2) is 0 Å². The lowest BCUT2D eigenvalue weighted by molar-refractivity contribution is -0.126. The van der Waals surface area contributed by atoms with Gasteiger partial charge in [-0.15, -0.1) is 6.58 Å². The summed E-state index contributed by atoms with van der Waals surface area (Å²) in [5.41, 5.74) is 1.93. The van der Waals surface area contributed by atoms with Gasteiger partial charge in [0.1, 0.15) is 0 Å². The number of rotatable bonds is 9. The van der Waals surface area contributed by atoms with Gasteiger partial charge in [-0.1, -0.05) is 31.6 Å². The number of hydrogen-bond donors (Lipinski definition) is 2. The molecular formula is C25H31N3O4S. The van der Waals surface area contributed by atoms with Crippen molar-refractivity contribution in [2.45, 2.75) is 37.5 Å². The highest BCUT2D eigenvalue weighted by atomic mass is 32.2. The number of piperidine rings is 1. The quantitative estimate of drug-likeness (QED) is 0.549. The van der Waals surface area contributed by atoms with Crippen LogP contribution in [-0.2, 0) is 21.2 Å². The Labute approximate surface area is 195 Å². The molecule has 0 spiro atoms. The highest BCUT2D eigenvalue weighted by Crippen LogP contribution is 2.21. The molecule has 8 heteroatoms. The van der Waals surface area contributed by atoms with Crippen LogP contribution in [0.5, 0.6) is 0 Å². The number of hydrogen-bond acceptors (Lipinski definition) is 4. The molecule has 0 bridgehead atoms. The summed E-state index contributed by atoms with van der Waals surface area (Å²) in [7, 11) is -3.72. The molecule has 33 heavy (non-hydrogen) atoms. The summed E-state index contributed by atoms with van der Waals surface area (Å²) in [4.78, 5) is 27.0. The van der Waals surface area contributed by atoms with Crippen molar-refractivity contribution in [3.05, 3.63) is 72.3 Å². The van der Waals surface area contributed by atoms with Gasteiger partial charge in [-0.2, -0.15) is 0 Å². The van der Waals surface area contributed by atoms with Crippen LogP contribution < -0.4 is 10.0 Å². The average molecular weight is 470 g/mol. The summed E-state index contributed by atoms with van der Waals surface area (Å²) in [6.45, 7) is 7.03. The number of carbonyl (C=O) groups is 2. The van der Waals surface area contributed by atoms with Crippen LogP contribution in [0, 0.1) is 5.92 Å². The molecule has 1 aliphatic heterocycles. The van der Waals surface area contributed by atoms with E-state index in [2.05, 4.69) is 23.5 Å². The van der Waals surface area contributed by atoms with Crippen molar-refractivity contribution >= 4 is 27.5 Å². The zero-order valence-electron chi connectivity index (χ0n) is 18.9. The van der Waals surface area contributed by atoms with Crippen molar-refractivity contribution in [1.82, 2.24) is 10.2 Å². The van der Waals surface area contributed by atoms with Gasteiger partial charge < -0.3 is 10.2 Å². The Morgan fingerprint density at radius 3 is 2.45 bits per heavy atom. The van der Waals surface area contributed by atoms with Gasteiger partial charge in [0.05, 0.1) is 10.8 Å². The van der Waals surface area contributed by atoms with E-state index >= 15 is 0 Å². The Bertz CT molecular complexity index is 1080. The lowest BCUT2D eigenvalue weighted by atomic mass is 9.96. The molecule has 7 nitrogen and oxygen atoms in total. The van der Waals surface area contributed by atoms with Crippen LogP contribution in [0.3, 0.4) is 0 Å². The minimum absolute atomic E-state index is 0.0696. The van der Waals surface area contributed by atoms with E-state index in [1.54, 1.807) is 47.4 Å². The molecule has 0 radical (unpaired) electrons. The van der Waals surface area contributed by atoms with Crippen molar-refractivity contribution in [2.24, 2.45) is 5.92 Å². The molecule has 2 amide bonds. The lowest BCUT2D eigenvalue weighted by Crippen LogP contribution is -2.45. The molecule has 0 saturated carbocycles. The third-order valence-corrected chi connectivity index (χ3v) is 7.05. The maximum absolute atomic E-state index is 12.9. The fourth-order valence-electron chi connectivity index (χ4n) is 3.89. The second-order valence-electron chi connectivity index (χ2n) is 8.20. The van der Waals surface area contributed by atoms with Gasteiger partial charge in [0, 0.05) is 30.9 Å². The van der Waals surface area contributed by atoms with E-state index in [0.717, 1.165) is 31.2 Å². The summed E-state index contributed by atoms with van der Waals surface area (Å²) in [5, 5.41) is 2.79. The van der Waals surface area contributed by atoms with Crippen molar-refractivity contribution < 1.29 is 18.0 Å². The largest absolute Gasteiger partial charge is 0.352 e. The zero-order chi connectivity index (χ0) is 23.8. The van der Waals surface area contributed by atoms with Gasteiger partial charge in [-0.3, -0.25) is 14.3 Å². The minimum Gasteiger partial charge on any atom is -0.352 e. The van der Waals surface area contributed by atoms with Crippen LogP contribution in [-0.4, -0.2) is 44.8 Å². The predicted octanol–water partition coefficient (Wildman–Crippen LogP) is 3.59. The zero-order valence-corrected chi connectivity index (χ0v) is 19.7. The number of likely N-dealkylation sites (tertiary alicyclic amines) is 1. The molecule has 0 unspecified atom stereocenters. The molecular weight excluding hydrogens is 438 g/mol. The normalized spacial score (nSPS) is 16.2. The van der Waals surface area contributed by atoms with Crippen LogP contribution in [0.15, 0.2) is 66.1 Å². The molecule has 2 N–H and O–H groups in total. The lowest BCUT2D eigenvalue weighted by Gasteiger charge is -2.32. The number of anilines is 1. The van der Waals surface area contributed by atoms with Crippen molar-refractivity contribution in [3.63, 3.8) is 0 Å². The molecule has 0 aliphatic carbocycles. The standard InChI is InChI=1S/C25H31N3O4S/c1-3-6-19-8-14-23(15-9-19)33(31,32)27-22-12-10-20(11-13-22)25(30)28-17-5-7-21(18-28)24(29)26-16-4-2/h4,8-15,21,27H,2-3,5-7,16-18H2,1H3,(H,26,29)/t21-/m1/s1. The van der Waals surface area contributed by atoms with Gasteiger partial charge in [-0.05, 0) is 61.2 Å². The molecule has 1 saturated heterocycles. The number of sulfonamides is 1. The number of carbonyl (C=O) groups excluding carboxylic acids is 2. The smallest absolute Gasteiger partial charge is 0.261 e. The fraction of sp³-hybridized carbons (Fsp3) is 0.360. The van der Waals surface area contributed by atoms with Crippen LogP contribution in [0.25, 0.3) is 0 Å². The van der Waals surface area contributed by atoms with Crippen LogP contribution >= 0.6 is 0 Å². The Morgan fingerprint density at radius 2 is 1.82 bits per heavy atom. The molecule has 1 heterocycles. The van der Waals surface area contributed by atoms with Crippen molar-refractivity contribution in [2.75, 3.05) is 24.4 Å². The molecule has 1 aliphatic rings. The monoisotopic (exact) mass is 469 g/mol. The van der Waals surface area contributed by atoms with Gasteiger partial charge >= 0.3 is 0 Å². The number of benzene rings is 2. The van der Waals surface area contributed by atoms with Gasteiger partial charge in [0.2, 0.25) is 5.91 Å². The third-order valence-electron chi connectivity index (χ3n) is 5.66. The first kappa shape index (κ1) is 24.5.